The quantitative estimate of drug-likeness (QED) is 0.314. The molecule has 0 saturated heterocycles. The molecule has 0 aliphatic rings. The molecule has 0 bridgehead atoms. The number of benzene rings is 2. The Labute approximate surface area is 140 Å². The number of halogens is 1. The van der Waals surface area contributed by atoms with Crippen LogP contribution in [0.1, 0.15) is 0 Å². The van der Waals surface area contributed by atoms with Gasteiger partial charge in [-0.15, -0.1) is 0 Å². The second-order valence-electron chi connectivity index (χ2n) is 5.47. The van der Waals surface area contributed by atoms with Gasteiger partial charge in [0, 0.05) is 29.5 Å². The number of anilines is 1. The third kappa shape index (κ3) is 2.39. The van der Waals surface area contributed by atoms with Gasteiger partial charge in [0.25, 0.3) is 0 Å². The van der Waals surface area contributed by atoms with Gasteiger partial charge in [-0.3, -0.25) is 4.98 Å². The summed E-state index contributed by atoms with van der Waals surface area (Å²) in [7, 11) is 2.09. The number of fused-ring (bicyclic) bond motifs is 3. The lowest BCUT2D eigenvalue weighted by atomic mass is 10.00. The molecular weight excluding hydrogens is 306 g/mol. The zero-order valence-electron chi connectivity index (χ0n) is 12.7. The van der Waals surface area contributed by atoms with Gasteiger partial charge < -0.3 is 18.1 Å². The number of pyridine rings is 2. The topological polar surface area (TPSA) is 42.8 Å². The van der Waals surface area contributed by atoms with Crippen LogP contribution in [0.2, 0.25) is 0 Å². The maximum atomic E-state index is 5.99. The Morgan fingerprint density at radius 2 is 1.70 bits per heavy atom. The zero-order valence-corrected chi connectivity index (χ0v) is 13.5. The van der Waals surface area contributed by atoms with Crippen molar-refractivity contribution < 1.29 is 17.0 Å². The van der Waals surface area contributed by atoms with Crippen LogP contribution >= 0.6 is 0 Å². The lowest BCUT2D eigenvalue weighted by Crippen LogP contribution is -3.00. The Hall–Kier alpha value is -2.65. The average molecular weight is 322 g/mol. The van der Waals surface area contributed by atoms with Gasteiger partial charge >= 0.3 is 0 Å². The predicted octanol–water partition coefficient (Wildman–Crippen LogP) is 0.466. The molecule has 0 aliphatic carbocycles. The van der Waals surface area contributed by atoms with Crippen LogP contribution in [-0.4, -0.2) is 4.98 Å². The molecule has 4 aromatic rings. The fraction of sp³-hybridized carbons (Fsp3) is 0.0526. The Morgan fingerprint density at radius 1 is 0.913 bits per heavy atom. The minimum Gasteiger partial charge on any atom is -1.00 e. The maximum Gasteiger partial charge on any atom is 0.222 e. The summed E-state index contributed by atoms with van der Waals surface area (Å²) in [5, 5.41) is 3.59. The first kappa shape index (κ1) is 15.3. The zero-order chi connectivity index (χ0) is 15.1. The van der Waals surface area contributed by atoms with Crippen molar-refractivity contribution in [3.05, 3.63) is 67.0 Å². The molecule has 2 N–H and O–H groups in total. The SMILES string of the molecule is C[n+]1c(-c2cccnc2)c2ccccc2c2cc(N)ccc21.[Cl-]. The molecule has 0 atom stereocenters. The molecule has 0 unspecified atom stereocenters. The monoisotopic (exact) mass is 321 g/mol. The van der Waals surface area contributed by atoms with E-state index in [1.807, 2.05) is 24.4 Å². The van der Waals surface area contributed by atoms with Crippen LogP contribution in [0.5, 0.6) is 0 Å². The van der Waals surface area contributed by atoms with Crippen molar-refractivity contribution in [3.63, 3.8) is 0 Å². The minimum absolute atomic E-state index is 0. The number of nitrogen functional groups attached to an aromatic ring is 1. The summed E-state index contributed by atoms with van der Waals surface area (Å²) in [6, 6.07) is 18.6. The van der Waals surface area contributed by atoms with Gasteiger partial charge in [0.2, 0.25) is 11.2 Å². The van der Waals surface area contributed by atoms with E-state index >= 15 is 0 Å². The highest BCUT2D eigenvalue weighted by atomic mass is 35.5. The lowest BCUT2D eigenvalue weighted by molar-refractivity contribution is -0.632. The number of rotatable bonds is 1. The first-order valence-electron chi connectivity index (χ1n) is 7.26. The summed E-state index contributed by atoms with van der Waals surface area (Å²) in [5.74, 6) is 0. The molecule has 0 aliphatic heterocycles. The second kappa shape index (κ2) is 5.86. The van der Waals surface area contributed by atoms with Gasteiger partial charge in [-0.25, -0.2) is 0 Å². The molecule has 23 heavy (non-hydrogen) atoms. The smallest absolute Gasteiger partial charge is 0.222 e. The summed E-state index contributed by atoms with van der Waals surface area (Å²) >= 11 is 0. The van der Waals surface area contributed by atoms with Crippen molar-refractivity contribution in [1.29, 1.82) is 0 Å². The van der Waals surface area contributed by atoms with Crippen LogP contribution in [0.3, 0.4) is 0 Å². The number of nitrogens with two attached hydrogens (primary N) is 1. The molecule has 4 heteroatoms. The van der Waals surface area contributed by atoms with Crippen molar-refractivity contribution in [3.8, 4) is 11.3 Å². The van der Waals surface area contributed by atoms with Crippen molar-refractivity contribution in [2.24, 2.45) is 7.05 Å². The highest BCUT2D eigenvalue weighted by molar-refractivity contribution is 6.09. The van der Waals surface area contributed by atoms with E-state index in [-0.39, 0.29) is 12.4 Å². The van der Waals surface area contributed by atoms with E-state index in [0.717, 1.165) is 16.8 Å². The van der Waals surface area contributed by atoms with Crippen LogP contribution in [-0.2, 0) is 7.05 Å². The molecule has 0 fully saturated rings. The Balaban J connectivity index is 0.00000156. The fourth-order valence-electron chi connectivity index (χ4n) is 3.14. The van der Waals surface area contributed by atoms with E-state index in [9.17, 15) is 0 Å². The van der Waals surface area contributed by atoms with E-state index in [0.29, 0.717) is 0 Å². The van der Waals surface area contributed by atoms with E-state index in [4.69, 9.17) is 5.73 Å². The third-order valence-electron chi connectivity index (χ3n) is 4.12. The summed E-state index contributed by atoms with van der Waals surface area (Å²) < 4.78 is 2.22. The third-order valence-corrected chi connectivity index (χ3v) is 4.12. The molecule has 0 spiro atoms. The van der Waals surface area contributed by atoms with E-state index in [1.165, 1.54) is 21.9 Å². The number of hydrogen-bond donors (Lipinski definition) is 1. The first-order chi connectivity index (χ1) is 10.8. The lowest BCUT2D eigenvalue weighted by Gasteiger charge is -2.09. The molecule has 0 radical (unpaired) electrons. The minimum atomic E-state index is 0. The fourth-order valence-corrected chi connectivity index (χ4v) is 3.14. The number of hydrogen-bond acceptors (Lipinski definition) is 2. The number of aryl methyl sites for hydroxylation is 1. The molecule has 4 rings (SSSR count). The Kier molecular flexibility index (Phi) is 3.89. The molecule has 3 nitrogen and oxygen atoms in total. The van der Waals surface area contributed by atoms with Crippen molar-refractivity contribution in [2.75, 3.05) is 5.73 Å². The van der Waals surface area contributed by atoms with Crippen molar-refractivity contribution in [2.45, 2.75) is 0 Å². The van der Waals surface area contributed by atoms with Crippen LogP contribution in [0.4, 0.5) is 5.69 Å². The van der Waals surface area contributed by atoms with Gasteiger partial charge in [-0.1, -0.05) is 18.2 Å². The standard InChI is InChI=1S/C19H16N3.ClH/c1-22-18-9-8-14(20)11-17(18)15-6-2-3-7-16(15)19(22)13-5-4-10-21-12-13;/h2-12H,20H2,1H3;1H/q+1;/p-1. The normalized spacial score (nSPS) is 10.7. The average Bonchev–Trinajstić information content (AvgIpc) is 2.56. The highest BCUT2D eigenvalue weighted by Gasteiger charge is 2.20. The summed E-state index contributed by atoms with van der Waals surface area (Å²) in [5.41, 5.74) is 10.2. The van der Waals surface area contributed by atoms with Crippen LogP contribution in [0, 0.1) is 0 Å². The van der Waals surface area contributed by atoms with E-state index in [2.05, 4.69) is 53.0 Å². The number of aromatic nitrogens is 2. The molecule has 114 valence electrons. The second-order valence-corrected chi connectivity index (χ2v) is 5.47. The first-order valence-corrected chi connectivity index (χ1v) is 7.26. The van der Waals surface area contributed by atoms with Gasteiger partial charge in [0.05, 0.1) is 16.3 Å². The predicted molar refractivity (Wildman–Crippen MR) is 90.3 cm³/mol. The summed E-state index contributed by atoms with van der Waals surface area (Å²) in [4.78, 5) is 4.27. The molecule has 2 heterocycles. The highest BCUT2D eigenvalue weighted by Crippen LogP contribution is 2.31. The molecule has 0 amide bonds. The van der Waals surface area contributed by atoms with E-state index < -0.39 is 0 Å². The molecular formula is C19H16ClN3. The van der Waals surface area contributed by atoms with Gasteiger partial charge in [-0.2, -0.15) is 4.57 Å². The van der Waals surface area contributed by atoms with Crippen molar-refractivity contribution >= 4 is 27.4 Å². The van der Waals surface area contributed by atoms with Crippen LogP contribution < -0.4 is 22.7 Å². The Bertz CT molecular complexity index is 997. The summed E-state index contributed by atoms with van der Waals surface area (Å²) in [6.45, 7) is 0. The number of nitrogens with zero attached hydrogens (tertiary/aromatic N) is 2. The van der Waals surface area contributed by atoms with Gasteiger partial charge in [0.1, 0.15) is 7.05 Å². The van der Waals surface area contributed by atoms with Gasteiger partial charge in [-0.05, 0) is 30.3 Å². The summed E-state index contributed by atoms with van der Waals surface area (Å²) in [6.07, 6.45) is 3.71. The largest absolute Gasteiger partial charge is 1.00 e. The molecule has 2 aromatic heterocycles. The van der Waals surface area contributed by atoms with E-state index in [1.54, 1.807) is 6.20 Å². The van der Waals surface area contributed by atoms with Crippen LogP contribution in [0.25, 0.3) is 32.9 Å². The molecule has 2 aromatic carbocycles. The Morgan fingerprint density at radius 3 is 2.43 bits per heavy atom. The van der Waals surface area contributed by atoms with Crippen molar-refractivity contribution in [1.82, 2.24) is 4.98 Å². The molecule has 0 saturated carbocycles. The maximum absolute atomic E-state index is 5.99. The van der Waals surface area contributed by atoms with Crippen LogP contribution in [0.15, 0.2) is 67.0 Å². The van der Waals surface area contributed by atoms with Gasteiger partial charge in [0.15, 0.2) is 0 Å².